The summed E-state index contributed by atoms with van der Waals surface area (Å²) in [5.41, 5.74) is 6.74. The van der Waals surface area contributed by atoms with Gasteiger partial charge in [-0.15, -0.1) is 0 Å². The highest BCUT2D eigenvalue weighted by Crippen LogP contribution is 2.19. The van der Waals surface area contributed by atoms with E-state index in [1.807, 2.05) is 24.3 Å². The molecule has 150 valence electrons. The molecule has 28 heavy (non-hydrogen) atoms. The number of benzene rings is 1. The molecular weight excluding hydrogens is 366 g/mol. The van der Waals surface area contributed by atoms with E-state index in [9.17, 15) is 24.3 Å². The topological polar surface area (TPSA) is 166 Å². The molecule has 2 aromatic rings. The number of rotatable bonds is 9. The van der Waals surface area contributed by atoms with Crippen molar-refractivity contribution in [2.75, 3.05) is 13.1 Å². The predicted octanol–water partition coefficient (Wildman–Crippen LogP) is -1.14. The van der Waals surface area contributed by atoms with Crippen molar-refractivity contribution in [3.05, 3.63) is 36.0 Å². The number of aliphatic carboxylic acids is 1. The molecular formula is C18H23N5O5. The third kappa shape index (κ3) is 5.55. The van der Waals surface area contributed by atoms with Crippen LogP contribution in [0.3, 0.4) is 0 Å². The molecule has 0 aliphatic carbocycles. The summed E-state index contributed by atoms with van der Waals surface area (Å²) in [7, 11) is 0. The fraction of sp³-hybridized carbons (Fsp3) is 0.333. The lowest BCUT2D eigenvalue weighted by Gasteiger charge is -2.18. The van der Waals surface area contributed by atoms with Crippen molar-refractivity contribution < 1.29 is 24.3 Å². The quantitative estimate of drug-likeness (QED) is 0.317. The van der Waals surface area contributed by atoms with Gasteiger partial charge in [-0.3, -0.25) is 14.4 Å². The lowest BCUT2D eigenvalue weighted by molar-refractivity contribution is -0.142. The van der Waals surface area contributed by atoms with E-state index in [0.29, 0.717) is 0 Å². The standard InChI is InChI=1S/C18H23N5O5/c1-10(22-16(25)9-21-15(24)7-19)17(26)23-14(18(27)28)6-11-8-20-13-5-3-2-4-12(11)13/h2-5,8,10,14,20H,6-7,9,19H2,1H3,(H,21,24)(H,22,25)(H,23,26)(H,27,28)/t10-,14-/m0/s1. The molecule has 2 atom stereocenters. The van der Waals surface area contributed by atoms with Gasteiger partial charge in [-0.2, -0.15) is 0 Å². The van der Waals surface area contributed by atoms with E-state index in [-0.39, 0.29) is 19.5 Å². The van der Waals surface area contributed by atoms with Gasteiger partial charge in [-0.1, -0.05) is 18.2 Å². The van der Waals surface area contributed by atoms with Crippen molar-refractivity contribution in [1.29, 1.82) is 0 Å². The summed E-state index contributed by atoms with van der Waals surface area (Å²) in [6.45, 7) is 0.839. The zero-order valence-corrected chi connectivity index (χ0v) is 15.3. The summed E-state index contributed by atoms with van der Waals surface area (Å²) in [4.78, 5) is 49.7. The zero-order chi connectivity index (χ0) is 20.7. The first-order valence-electron chi connectivity index (χ1n) is 8.66. The Balaban J connectivity index is 1.95. The lowest BCUT2D eigenvalue weighted by Crippen LogP contribution is -2.52. The Kier molecular flexibility index (Phi) is 7.10. The molecule has 10 nitrogen and oxygen atoms in total. The fourth-order valence-electron chi connectivity index (χ4n) is 2.63. The number of hydrogen-bond acceptors (Lipinski definition) is 5. The van der Waals surface area contributed by atoms with Gasteiger partial charge >= 0.3 is 5.97 Å². The summed E-state index contributed by atoms with van der Waals surface area (Å²) in [6, 6.07) is 5.29. The number of carbonyl (C=O) groups is 4. The average Bonchev–Trinajstić information content (AvgIpc) is 3.08. The smallest absolute Gasteiger partial charge is 0.326 e. The van der Waals surface area contributed by atoms with Gasteiger partial charge in [0.15, 0.2) is 0 Å². The van der Waals surface area contributed by atoms with E-state index < -0.39 is 35.8 Å². The highest BCUT2D eigenvalue weighted by Gasteiger charge is 2.25. The van der Waals surface area contributed by atoms with Crippen molar-refractivity contribution in [3.8, 4) is 0 Å². The molecule has 1 aromatic heterocycles. The molecule has 0 saturated heterocycles. The first-order valence-corrected chi connectivity index (χ1v) is 8.66. The van der Waals surface area contributed by atoms with Gasteiger partial charge in [0.1, 0.15) is 12.1 Å². The minimum absolute atomic E-state index is 0.0817. The van der Waals surface area contributed by atoms with E-state index in [1.165, 1.54) is 6.92 Å². The number of hydrogen-bond donors (Lipinski definition) is 6. The van der Waals surface area contributed by atoms with E-state index in [4.69, 9.17) is 5.73 Å². The third-order valence-corrected chi connectivity index (χ3v) is 4.12. The molecule has 0 bridgehead atoms. The number of aromatic amines is 1. The van der Waals surface area contributed by atoms with Gasteiger partial charge in [-0.25, -0.2) is 4.79 Å². The third-order valence-electron chi connectivity index (χ3n) is 4.12. The summed E-state index contributed by atoms with van der Waals surface area (Å²) in [5, 5.41) is 17.4. The van der Waals surface area contributed by atoms with Crippen LogP contribution >= 0.6 is 0 Å². The van der Waals surface area contributed by atoms with Crippen molar-refractivity contribution in [2.45, 2.75) is 25.4 Å². The number of carboxylic acids is 1. The second-order valence-electron chi connectivity index (χ2n) is 6.23. The number of amides is 3. The van der Waals surface area contributed by atoms with Gasteiger partial charge in [-0.05, 0) is 18.6 Å². The summed E-state index contributed by atoms with van der Waals surface area (Å²) < 4.78 is 0. The average molecular weight is 389 g/mol. The number of para-hydroxylation sites is 1. The van der Waals surface area contributed by atoms with Crippen LogP contribution in [0.5, 0.6) is 0 Å². The van der Waals surface area contributed by atoms with Crippen molar-refractivity contribution in [3.63, 3.8) is 0 Å². The predicted molar refractivity (Wildman–Crippen MR) is 101 cm³/mol. The largest absolute Gasteiger partial charge is 0.480 e. The highest BCUT2D eigenvalue weighted by atomic mass is 16.4. The molecule has 0 unspecified atom stereocenters. The van der Waals surface area contributed by atoms with Crippen LogP contribution in [0.1, 0.15) is 12.5 Å². The summed E-state index contributed by atoms with van der Waals surface area (Å²) in [5.74, 6) is -2.93. The van der Waals surface area contributed by atoms with Crippen LogP contribution in [0, 0.1) is 0 Å². The summed E-state index contributed by atoms with van der Waals surface area (Å²) in [6.07, 6.45) is 1.79. The monoisotopic (exact) mass is 389 g/mol. The molecule has 0 aliphatic heterocycles. The minimum Gasteiger partial charge on any atom is -0.480 e. The van der Waals surface area contributed by atoms with E-state index in [0.717, 1.165) is 16.5 Å². The molecule has 1 aromatic carbocycles. The van der Waals surface area contributed by atoms with Crippen LogP contribution in [0.25, 0.3) is 10.9 Å². The second-order valence-corrected chi connectivity index (χ2v) is 6.23. The van der Waals surface area contributed by atoms with Gasteiger partial charge < -0.3 is 31.8 Å². The minimum atomic E-state index is -1.19. The molecule has 0 radical (unpaired) electrons. The fourth-order valence-corrected chi connectivity index (χ4v) is 2.63. The van der Waals surface area contributed by atoms with Gasteiger partial charge in [0.25, 0.3) is 0 Å². The Bertz CT molecular complexity index is 878. The SMILES string of the molecule is C[C@H](NC(=O)CNC(=O)CN)C(=O)N[C@@H](Cc1c[nH]c2ccccc12)C(=O)O. The van der Waals surface area contributed by atoms with Gasteiger partial charge in [0.05, 0.1) is 13.1 Å². The van der Waals surface area contributed by atoms with Crippen LogP contribution in [-0.2, 0) is 25.6 Å². The normalized spacial score (nSPS) is 12.8. The van der Waals surface area contributed by atoms with Gasteiger partial charge in [0, 0.05) is 23.5 Å². The van der Waals surface area contributed by atoms with Crippen LogP contribution < -0.4 is 21.7 Å². The first-order chi connectivity index (χ1) is 13.3. The van der Waals surface area contributed by atoms with Gasteiger partial charge in [0.2, 0.25) is 17.7 Å². The maximum absolute atomic E-state index is 12.3. The number of carboxylic acid groups (broad SMARTS) is 1. The number of nitrogens with two attached hydrogens (primary N) is 1. The molecule has 0 saturated carbocycles. The van der Waals surface area contributed by atoms with E-state index in [2.05, 4.69) is 20.9 Å². The van der Waals surface area contributed by atoms with Crippen molar-refractivity contribution >= 4 is 34.6 Å². The Morgan fingerprint density at radius 3 is 2.54 bits per heavy atom. The van der Waals surface area contributed by atoms with Crippen LogP contribution in [0.15, 0.2) is 30.5 Å². The Hall–Kier alpha value is -3.40. The molecule has 3 amide bonds. The Labute approximate surface area is 160 Å². The molecule has 10 heteroatoms. The van der Waals surface area contributed by atoms with E-state index >= 15 is 0 Å². The Morgan fingerprint density at radius 2 is 1.86 bits per heavy atom. The maximum Gasteiger partial charge on any atom is 0.326 e. The highest BCUT2D eigenvalue weighted by molar-refractivity contribution is 5.92. The number of H-pyrrole nitrogens is 1. The molecule has 0 spiro atoms. The van der Waals surface area contributed by atoms with Crippen LogP contribution in [-0.4, -0.2) is 59.0 Å². The lowest BCUT2D eigenvalue weighted by atomic mass is 10.0. The number of aromatic nitrogens is 1. The second kappa shape index (κ2) is 9.51. The molecule has 2 rings (SSSR count). The Morgan fingerprint density at radius 1 is 1.14 bits per heavy atom. The maximum atomic E-state index is 12.3. The number of carbonyl (C=O) groups excluding carboxylic acids is 3. The number of nitrogens with one attached hydrogen (secondary N) is 4. The van der Waals surface area contributed by atoms with Crippen LogP contribution in [0.2, 0.25) is 0 Å². The molecule has 7 N–H and O–H groups in total. The number of fused-ring (bicyclic) bond motifs is 1. The van der Waals surface area contributed by atoms with Crippen molar-refractivity contribution in [2.24, 2.45) is 5.73 Å². The van der Waals surface area contributed by atoms with E-state index in [1.54, 1.807) is 6.20 Å². The summed E-state index contributed by atoms with van der Waals surface area (Å²) >= 11 is 0. The zero-order valence-electron chi connectivity index (χ0n) is 15.3. The molecule has 0 fully saturated rings. The van der Waals surface area contributed by atoms with Crippen molar-refractivity contribution in [1.82, 2.24) is 20.9 Å². The molecule has 0 aliphatic rings. The van der Waals surface area contributed by atoms with Crippen LogP contribution in [0.4, 0.5) is 0 Å². The molecule has 1 heterocycles. The first kappa shape index (κ1) is 20.9.